The molecule has 1 fully saturated rings. The van der Waals surface area contributed by atoms with Gasteiger partial charge in [-0.3, -0.25) is 9.36 Å². The lowest BCUT2D eigenvalue weighted by molar-refractivity contribution is -0.129. The van der Waals surface area contributed by atoms with E-state index in [0.717, 1.165) is 11.3 Å². The number of aryl methyl sites for hydroxylation is 2. The van der Waals surface area contributed by atoms with E-state index in [1.165, 1.54) is 6.33 Å². The number of likely N-dealkylation sites (tertiary alicyclic amines) is 1. The number of carbonyl (C=O) groups is 1. The maximum absolute atomic E-state index is 12.6. The van der Waals surface area contributed by atoms with Crippen LogP contribution in [0.25, 0.3) is 11.2 Å². The topological polar surface area (TPSA) is 110 Å². The van der Waals surface area contributed by atoms with Gasteiger partial charge in [0.15, 0.2) is 5.65 Å². The Hall–Kier alpha value is -2.97. The highest BCUT2D eigenvalue weighted by Crippen LogP contribution is 2.24. The van der Waals surface area contributed by atoms with Crippen molar-refractivity contribution in [3.8, 4) is 0 Å². The zero-order valence-corrected chi connectivity index (χ0v) is 14.0. The Morgan fingerprint density at radius 3 is 3.04 bits per heavy atom. The van der Waals surface area contributed by atoms with Gasteiger partial charge in [-0.1, -0.05) is 5.16 Å². The van der Waals surface area contributed by atoms with Crippen LogP contribution in [0.1, 0.15) is 29.5 Å². The molecule has 1 N–H and O–H groups in total. The fourth-order valence-electron chi connectivity index (χ4n) is 3.41. The average Bonchev–Trinajstić information content (AvgIpc) is 3.27. The van der Waals surface area contributed by atoms with E-state index in [-0.39, 0.29) is 24.1 Å². The molecule has 0 bridgehead atoms. The molecule has 0 unspecified atom stereocenters. The van der Waals surface area contributed by atoms with E-state index in [0.29, 0.717) is 36.4 Å². The highest BCUT2D eigenvalue weighted by Gasteiger charge is 2.30. The van der Waals surface area contributed by atoms with Crippen LogP contribution < -0.4 is 5.69 Å². The second-order valence-electron chi connectivity index (χ2n) is 6.32. The van der Waals surface area contributed by atoms with Crippen molar-refractivity contribution < 1.29 is 9.32 Å². The Morgan fingerprint density at radius 1 is 1.44 bits per heavy atom. The number of hydrogen-bond donors (Lipinski definition) is 1. The molecule has 1 aliphatic rings. The minimum Gasteiger partial charge on any atom is -0.361 e. The SMILES string of the molecule is Cc1noc(C)c1CC(=O)N1CC[C@@H](n2c(=O)[nH]c3cncnc32)C1. The summed E-state index contributed by atoms with van der Waals surface area (Å²) in [6.45, 7) is 4.73. The molecule has 0 aliphatic carbocycles. The number of hydrogen-bond acceptors (Lipinski definition) is 6. The van der Waals surface area contributed by atoms with Gasteiger partial charge in [0.05, 0.1) is 24.4 Å². The maximum Gasteiger partial charge on any atom is 0.328 e. The molecule has 9 heteroatoms. The number of rotatable bonds is 3. The van der Waals surface area contributed by atoms with E-state index in [1.807, 2.05) is 6.92 Å². The molecule has 130 valence electrons. The number of imidazole rings is 1. The normalized spacial score (nSPS) is 17.5. The van der Waals surface area contributed by atoms with E-state index in [2.05, 4.69) is 20.1 Å². The number of aromatic amines is 1. The third kappa shape index (κ3) is 2.61. The Bertz CT molecular complexity index is 981. The van der Waals surface area contributed by atoms with Crippen LogP contribution in [0, 0.1) is 13.8 Å². The van der Waals surface area contributed by atoms with Gasteiger partial charge in [0.2, 0.25) is 5.91 Å². The molecule has 1 atom stereocenters. The molecule has 4 heterocycles. The Kier molecular flexibility index (Phi) is 3.63. The second kappa shape index (κ2) is 5.83. The number of fused-ring (bicyclic) bond motifs is 1. The average molecular weight is 342 g/mol. The van der Waals surface area contributed by atoms with Crippen molar-refractivity contribution in [3.05, 3.63) is 40.0 Å². The Morgan fingerprint density at radius 2 is 2.28 bits per heavy atom. The molecular formula is C16H18N6O3. The molecule has 25 heavy (non-hydrogen) atoms. The molecule has 9 nitrogen and oxygen atoms in total. The molecule has 0 radical (unpaired) electrons. The first kappa shape index (κ1) is 15.6. The van der Waals surface area contributed by atoms with E-state index >= 15 is 0 Å². The zero-order valence-electron chi connectivity index (χ0n) is 14.0. The number of nitrogens with zero attached hydrogens (tertiary/aromatic N) is 5. The Balaban J connectivity index is 1.54. The van der Waals surface area contributed by atoms with E-state index < -0.39 is 0 Å². The summed E-state index contributed by atoms with van der Waals surface area (Å²) >= 11 is 0. The van der Waals surface area contributed by atoms with Crippen molar-refractivity contribution in [3.63, 3.8) is 0 Å². The number of H-pyrrole nitrogens is 1. The van der Waals surface area contributed by atoms with Gasteiger partial charge < -0.3 is 14.4 Å². The fourth-order valence-corrected chi connectivity index (χ4v) is 3.41. The molecule has 1 amide bonds. The smallest absolute Gasteiger partial charge is 0.328 e. The lowest BCUT2D eigenvalue weighted by atomic mass is 10.1. The van der Waals surface area contributed by atoms with Crippen molar-refractivity contribution in [1.82, 2.24) is 29.6 Å². The summed E-state index contributed by atoms with van der Waals surface area (Å²) in [5.74, 6) is 0.686. The minimum absolute atomic E-state index is 0.0133. The summed E-state index contributed by atoms with van der Waals surface area (Å²) in [7, 11) is 0. The molecule has 0 saturated carbocycles. The lowest BCUT2D eigenvalue weighted by Gasteiger charge is -2.17. The van der Waals surface area contributed by atoms with Crippen LogP contribution in [0.3, 0.4) is 0 Å². The Labute approximate surface area is 142 Å². The number of aromatic nitrogens is 5. The summed E-state index contributed by atoms with van der Waals surface area (Å²) in [5.41, 5.74) is 2.54. The molecule has 0 aromatic carbocycles. The van der Waals surface area contributed by atoms with Gasteiger partial charge in [0, 0.05) is 18.7 Å². The summed E-state index contributed by atoms with van der Waals surface area (Å²) in [6.07, 6.45) is 3.97. The molecule has 0 spiro atoms. The first-order valence-electron chi connectivity index (χ1n) is 8.14. The predicted octanol–water partition coefficient (Wildman–Crippen LogP) is 0.741. The lowest BCUT2D eigenvalue weighted by Crippen LogP contribution is -2.32. The van der Waals surface area contributed by atoms with Crippen LogP contribution in [0.2, 0.25) is 0 Å². The van der Waals surface area contributed by atoms with Crippen LogP contribution in [-0.2, 0) is 11.2 Å². The highest BCUT2D eigenvalue weighted by molar-refractivity contribution is 5.79. The summed E-state index contributed by atoms with van der Waals surface area (Å²) in [5, 5.41) is 3.89. The number of amides is 1. The second-order valence-corrected chi connectivity index (χ2v) is 6.32. The highest BCUT2D eigenvalue weighted by atomic mass is 16.5. The van der Waals surface area contributed by atoms with E-state index in [9.17, 15) is 9.59 Å². The molecular weight excluding hydrogens is 324 g/mol. The van der Waals surface area contributed by atoms with Gasteiger partial charge in [-0.05, 0) is 20.3 Å². The zero-order chi connectivity index (χ0) is 17.6. The molecule has 3 aromatic heterocycles. The largest absolute Gasteiger partial charge is 0.361 e. The van der Waals surface area contributed by atoms with Gasteiger partial charge >= 0.3 is 5.69 Å². The van der Waals surface area contributed by atoms with Crippen molar-refractivity contribution in [2.75, 3.05) is 13.1 Å². The van der Waals surface area contributed by atoms with Gasteiger partial charge in [-0.15, -0.1) is 0 Å². The van der Waals surface area contributed by atoms with Crippen LogP contribution in [-0.4, -0.2) is 48.6 Å². The molecule has 4 rings (SSSR count). The van der Waals surface area contributed by atoms with Crippen molar-refractivity contribution >= 4 is 17.1 Å². The van der Waals surface area contributed by atoms with Gasteiger partial charge in [-0.2, -0.15) is 0 Å². The predicted molar refractivity (Wildman–Crippen MR) is 88.1 cm³/mol. The summed E-state index contributed by atoms with van der Waals surface area (Å²) in [6, 6.07) is -0.0928. The number of nitrogens with one attached hydrogen (secondary N) is 1. The van der Waals surface area contributed by atoms with Gasteiger partial charge in [-0.25, -0.2) is 14.8 Å². The van der Waals surface area contributed by atoms with Crippen LogP contribution in [0.4, 0.5) is 0 Å². The monoisotopic (exact) mass is 342 g/mol. The maximum atomic E-state index is 12.6. The van der Waals surface area contributed by atoms with Crippen molar-refractivity contribution in [1.29, 1.82) is 0 Å². The van der Waals surface area contributed by atoms with Crippen LogP contribution in [0.5, 0.6) is 0 Å². The molecule has 1 aliphatic heterocycles. The van der Waals surface area contributed by atoms with Gasteiger partial charge in [0.25, 0.3) is 0 Å². The molecule has 1 saturated heterocycles. The molecule has 3 aromatic rings. The van der Waals surface area contributed by atoms with Crippen molar-refractivity contribution in [2.24, 2.45) is 0 Å². The quantitative estimate of drug-likeness (QED) is 0.752. The third-order valence-electron chi connectivity index (χ3n) is 4.77. The van der Waals surface area contributed by atoms with Gasteiger partial charge in [0.1, 0.15) is 17.6 Å². The first-order valence-corrected chi connectivity index (χ1v) is 8.14. The van der Waals surface area contributed by atoms with E-state index in [4.69, 9.17) is 4.52 Å². The van der Waals surface area contributed by atoms with E-state index in [1.54, 1.807) is 22.6 Å². The van der Waals surface area contributed by atoms with Crippen LogP contribution in [0.15, 0.2) is 21.8 Å². The number of carbonyl (C=O) groups excluding carboxylic acids is 1. The summed E-state index contributed by atoms with van der Waals surface area (Å²) in [4.78, 5) is 37.5. The minimum atomic E-state index is -0.222. The third-order valence-corrected chi connectivity index (χ3v) is 4.77. The summed E-state index contributed by atoms with van der Waals surface area (Å²) < 4.78 is 6.74. The first-order chi connectivity index (χ1) is 12.0. The standard InChI is InChI=1S/C16H18N6O3/c1-9-12(10(2)25-20-9)5-14(23)21-4-3-11(7-21)22-15-13(19-16(22)24)6-17-8-18-15/h6,8,11H,3-5,7H2,1-2H3,(H,19,24)/t11-/m1/s1. The van der Waals surface area contributed by atoms with Crippen LogP contribution >= 0.6 is 0 Å². The fraction of sp³-hybridized carbons (Fsp3) is 0.438. The van der Waals surface area contributed by atoms with Crippen molar-refractivity contribution in [2.45, 2.75) is 32.7 Å².